The first-order valence-corrected chi connectivity index (χ1v) is 7.62. The topological polar surface area (TPSA) is 66.4 Å². The van der Waals surface area contributed by atoms with Crippen molar-refractivity contribution < 1.29 is 14.7 Å². The van der Waals surface area contributed by atoms with Crippen molar-refractivity contribution in [2.75, 3.05) is 0 Å². The average molecular weight is 289 g/mol. The maximum Gasteiger partial charge on any atom is 0.310 e. The predicted molar refractivity (Wildman–Crippen MR) is 80.9 cm³/mol. The lowest BCUT2D eigenvalue weighted by Gasteiger charge is -2.37. The van der Waals surface area contributed by atoms with Crippen molar-refractivity contribution in [3.05, 3.63) is 35.9 Å². The molecule has 1 aromatic carbocycles. The van der Waals surface area contributed by atoms with Crippen molar-refractivity contribution in [2.45, 2.75) is 51.5 Å². The number of hydrogen-bond acceptors (Lipinski definition) is 2. The summed E-state index contributed by atoms with van der Waals surface area (Å²) < 4.78 is 0. The lowest BCUT2D eigenvalue weighted by Crippen LogP contribution is -2.45. The normalized spacial score (nSPS) is 17.6. The third-order valence-electron chi connectivity index (χ3n) is 4.45. The van der Waals surface area contributed by atoms with E-state index in [1.807, 2.05) is 37.3 Å². The maximum absolute atomic E-state index is 12.1. The second kappa shape index (κ2) is 6.74. The Bertz CT molecular complexity index is 494. The molecule has 1 unspecified atom stereocenters. The molecule has 0 spiro atoms. The van der Waals surface area contributed by atoms with Gasteiger partial charge in [0.05, 0.1) is 5.41 Å². The molecule has 0 saturated heterocycles. The fourth-order valence-corrected chi connectivity index (χ4v) is 2.85. The number of hydrogen-bond donors (Lipinski definition) is 2. The highest BCUT2D eigenvalue weighted by atomic mass is 16.4. The molecule has 1 aliphatic carbocycles. The summed E-state index contributed by atoms with van der Waals surface area (Å²) in [5.41, 5.74) is 0.371. The molecule has 4 nitrogen and oxygen atoms in total. The van der Waals surface area contributed by atoms with Crippen LogP contribution in [0.2, 0.25) is 0 Å². The molecule has 0 aromatic heterocycles. The Kier molecular flexibility index (Phi) is 4.99. The van der Waals surface area contributed by atoms with Crippen LogP contribution in [0.15, 0.2) is 30.3 Å². The Morgan fingerprint density at radius 3 is 2.43 bits per heavy atom. The van der Waals surface area contributed by atoms with Gasteiger partial charge in [-0.3, -0.25) is 9.59 Å². The molecule has 0 radical (unpaired) electrons. The number of carbonyl (C=O) groups is 2. The van der Waals surface area contributed by atoms with Crippen LogP contribution in [0, 0.1) is 5.41 Å². The number of carboxylic acid groups (broad SMARTS) is 1. The van der Waals surface area contributed by atoms with Gasteiger partial charge in [-0.1, -0.05) is 43.7 Å². The third kappa shape index (κ3) is 3.84. The highest BCUT2D eigenvalue weighted by Gasteiger charge is 2.45. The second-order valence-corrected chi connectivity index (χ2v) is 5.98. The van der Waals surface area contributed by atoms with Crippen LogP contribution < -0.4 is 5.32 Å². The molecule has 1 saturated carbocycles. The van der Waals surface area contributed by atoms with Gasteiger partial charge in [0.2, 0.25) is 5.91 Å². The first kappa shape index (κ1) is 15.5. The molecule has 4 heteroatoms. The van der Waals surface area contributed by atoms with E-state index in [-0.39, 0.29) is 18.4 Å². The van der Waals surface area contributed by atoms with E-state index < -0.39 is 11.4 Å². The number of carbonyl (C=O) groups excluding carboxylic acids is 1. The standard InChI is InChI=1S/C17H23NO3/c1-2-14(11-13-7-4-3-5-8-13)18-15(19)12-17(16(20)21)9-6-10-17/h3-5,7-8,14H,2,6,9-12H2,1H3,(H,18,19)(H,20,21). The van der Waals surface area contributed by atoms with Crippen LogP contribution in [-0.4, -0.2) is 23.0 Å². The summed E-state index contributed by atoms with van der Waals surface area (Å²) in [4.78, 5) is 23.4. The van der Waals surface area contributed by atoms with Gasteiger partial charge in [-0.05, 0) is 31.2 Å². The SMILES string of the molecule is CCC(Cc1ccccc1)NC(=O)CC1(C(=O)O)CCC1. The van der Waals surface area contributed by atoms with E-state index in [2.05, 4.69) is 5.32 Å². The smallest absolute Gasteiger partial charge is 0.310 e. The van der Waals surface area contributed by atoms with Crippen LogP contribution in [0.1, 0.15) is 44.6 Å². The number of nitrogens with one attached hydrogen (secondary N) is 1. The van der Waals surface area contributed by atoms with Gasteiger partial charge in [0.25, 0.3) is 0 Å². The molecule has 1 amide bonds. The number of carboxylic acids is 1. The Labute approximate surface area is 125 Å². The van der Waals surface area contributed by atoms with Gasteiger partial charge >= 0.3 is 5.97 Å². The molecule has 114 valence electrons. The minimum atomic E-state index is -0.833. The van der Waals surface area contributed by atoms with Gasteiger partial charge < -0.3 is 10.4 Å². The molecule has 0 heterocycles. The molecule has 1 aliphatic rings. The van der Waals surface area contributed by atoms with Crippen LogP contribution >= 0.6 is 0 Å². The van der Waals surface area contributed by atoms with Gasteiger partial charge in [-0.15, -0.1) is 0 Å². The van der Waals surface area contributed by atoms with Crippen LogP contribution in [-0.2, 0) is 16.0 Å². The number of aliphatic carboxylic acids is 1. The number of amides is 1. The van der Waals surface area contributed by atoms with E-state index in [9.17, 15) is 14.7 Å². The minimum Gasteiger partial charge on any atom is -0.481 e. The zero-order valence-corrected chi connectivity index (χ0v) is 12.5. The zero-order valence-electron chi connectivity index (χ0n) is 12.5. The summed E-state index contributed by atoms with van der Waals surface area (Å²) in [7, 11) is 0. The molecule has 1 fully saturated rings. The Morgan fingerprint density at radius 2 is 1.95 bits per heavy atom. The van der Waals surface area contributed by atoms with Gasteiger partial charge in [0.1, 0.15) is 0 Å². The molecule has 2 rings (SSSR count). The summed E-state index contributed by atoms with van der Waals surface area (Å²) in [5.74, 6) is -0.972. The van der Waals surface area contributed by atoms with Crippen molar-refractivity contribution in [2.24, 2.45) is 5.41 Å². The minimum absolute atomic E-state index is 0.0609. The largest absolute Gasteiger partial charge is 0.481 e. The van der Waals surface area contributed by atoms with Crippen LogP contribution in [0.25, 0.3) is 0 Å². The number of rotatable bonds is 7. The fraction of sp³-hybridized carbons (Fsp3) is 0.529. The van der Waals surface area contributed by atoms with Crippen molar-refractivity contribution >= 4 is 11.9 Å². The molecule has 1 aromatic rings. The molecule has 0 aliphatic heterocycles. The molecule has 0 bridgehead atoms. The van der Waals surface area contributed by atoms with E-state index in [0.717, 1.165) is 19.3 Å². The summed E-state index contributed by atoms with van der Waals surface area (Å²) in [5, 5.41) is 12.3. The quantitative estimate of drug-likeness (QED) is 0.811. The van der Waals surface area contributed by atoms with Crippen LogP contribution in [0.5, 0.6) is 0 Å². The van der Waals surface area contributed by atoms with E-state index in [1.54, 1.807) is 0 Å². The molecule has 21 heavy (non-hydrogen) atoms. The highest BCUT2D eigenvalue weighted by Crippen LogP contribution is 2.44. The Morgan fingerprint density at radius 1 is 1.29 bits per heavy atom. The molecule has 2 N–H and O–H groups in total. The Balaban J connectivity index is 1.89. The van der Waals surface area contributed by atoms with E-state index >= 15 is 0 Å². The lowest BCUT2D eigenvalue weighted by atomic mass is 9.66. The molecule has 1 atom stereocenters. The van der Waals surface area contributed by atoms with Gasteiger partial charge in [0, 0.05) is 12.5 Å². The lowest BCUT2D eigenvalue weighted by molar-refractivity contribution is -0.157. The summed E-state index contributed by atoms with van der Waals surface area (Å²) >= 11 is 0. The van der Waals surface area contributed by atoms with Gasteiger partial charge in [-0.2, -0.15) is 0 Å². The third-order valence-corrected chi connectivity index (χ3v) is 4.45. The molecular formula is C17H23NO3. The highest BCUT2D eigenvalue weighted by molar-refractivity contribution is 5.85. The van der Waals surface area contributed by atoms with Crippen molar-refractivity contribution in [1.82, 2.24) is 5.32 Å². The van der Waals surface area contributed by atoms with E-state index in [1.165, 1.54) is 5.56 Å². The summed E-state index contributed by atoms with van der Waals surface area (Å²) in [6.45, 7) is 2.03. The van der Waals surface area contributed by atoms with Crippen molar-refractivity contribution in [3.8, 4) is 0 Å². The maximum atomic E-state index is 12.1. The van der Waals surface area contributed by atoms with E-state index in [4.69, 9.17) is 0 Å². The fourth-order valence-electron chi connectivity index (χ4n) is 2.85. The number of benzene rings is 1. The predicted octanol–water partition coefficient (Wildman–Crippen LogP) is 2.77. The van der Waals surface area contributed by atoms with Gasteiger partial charge in [-0.25, -0.2) is 0 Å². The van der Waals surface area contributed by atoms with Crippen molar-refractivity contribution in [1.29, 1.82) is 0 Å². The Hall–Kier alpha value is -1.84. The average Bonchev–Trinajstić information content (AvgIpc) is 2.43. The van der Waals surface area contributed by atoms with Crippen LogP contribution in [0.3, 0.4) is 0 Å². The molecular weight excluding hydrogens is 266 g/mol. The first-order chi connectivity index (χ1) is 10.1. The van der Waals surface area contributed by atoms with Crippen molar-refractivity contribution in [3.63, 3.8) is 0 Å². The monoisotopic (exact) mass is 289 g/mol. The zero-order chi connectivity index (χ0) is 15.3. The van der Waals surface area contributed by atoms with Gasteiger partial charge in [0.15, 0.2) is 0 Å². The summed E-state index contributed by atoms with van der Waals surface area (Å²) in [6, 6.07) is 10.1. The van der Waals surface area contributed by atoms with Crippen LogP contribution in [0.4, 0.5) is 0 Å². The first-order valence-electron chi connectivity index (χ1n) is 7.62. The second-order valence-electron chi connectivity index (χ2n) is 5.98. The van der Waals surface area contributed by atoms with E-state index in [0.29, 0.717) is 12.8 Å². The summed E-state index contributed by atoms with van der Waals surface area (Å²) in [6.07, 6.45) is 3.86.